The van der Waals surface area contributed by atoms with E-state index in [1.165, 1.54) is 13.8 Å². The van der Waals surface area contributed by atoms with Gasteiger partial charge < -0.3 is 0 Å². The topological polar surface area (TPSA) is 43.4 Å². The quantitative estimate of drug-likeness (QED) is 0.613. The summed E-state index contributed by atoms with van der Waals surface area (Å²) in [6.07, 6.45) is -5.48. The van der Waals surface area contributed by atoms with Gasteiger partial charge in [0.15, 0.2) is 5.25 Å². The number of hydrogen-bond donors (Lipinski definition) is 0. The van der Waals surface area contributed by atoms with Crippen LogP contribution in [0, 0.1) is 11.8 Å². The van der Waals surface area contributed by atoms with Crippen molar-refractivity contribution in [2.24, 2.45) is 11.8 Å². The molecule has 0 bridgehead atoms. The van der Waals surface area contributed by atoms with Crippen LogP contribution in [0.1, 0.15) is 20.8 Å². The zero-order valence-electron chi connectivity index (χ0n) is 8.58. The van der Waals surface area contributed by atoms with Gasteiger partial charge in [-0.1, -0.05) is 13.8 Å². The lowest BCUT2D eigenvalue weighted by molar-refractivity contribution is -0.151. The Balaban J connectivity index is 3.14. The highest BCUT2D eigenvalue weighted by atomic mass is 32.2. The van der Waals surface area contributed by atoms with Crippen LogP contribution in [0.15, 0.2) is 0 Å². The van der Waals surface area contributed by atoms with Gasteiger partial charge in [0.05, 0.1) is 6.10 Å². The van der Waals surface area contributed by atoms with Crippen LogP contribution in [0.2, 0.25) is 0 Å². The second kappa shape index (κ2) is 3.62. The average molecular weight is 246 g/mol. The van der Waals surface area contributed by atoms with Crippen molar-refractivity contribution in [3.63, 3.8) is 0 Å². The summed E-state index contributed by atoms with van der Waals surface area (Å²) in [4.78, 5) is 0. The number of hydrogen-bond acceptors (Lipinski definition) is 3. The molecule has 90 valence electrons. The van der Waals surface area contributed by atoms with Crippen LogP contribution in [0.25, 0.3) is 0 Å². The second-order valence-corrected chi connectivity index (χ2v) is 5.66. The van der Waals surface area contributed by atoms with Crippen LogP contribution in [0.4, 0.5) is 13.2 Å². The Morgan fingerprint density at radius 2 is 1.53 bits per heavy atom. The van der Waals surface area contributed by atoms with Crippen molar-refractivity contribution in [1.29, 1.82) is 0 Å². The Hall–Kier alpha value is -0.300. The molecule has 0 N–H and O–H groups in total. The summed E-state index contributed by atoms with van der Waals surface area (Å²) in [7, 11) is -4.54. The fraction of sp³-hybridized carbons (Fsp3) is 1.00. The third kappa shape index (κ3) is 2.28. The Morgan fingerprint density at radius 3 is 1.93 bits per heavy atom. The second-order valence-electron chi connectivity index (χ2n) is 3.97. The van der Waals surface area contributed by atoms with E-state index < -0.39 is 39.5 Å². The van der Waals surface area contributed by atoms with Gasteiger partial charge in [-0.25, -0.2) is 0 Å². The molecule has 1 fully saturated rings. The first-order valence-corrected chi connectivity index (χ1v) is 6.03. The summed E-state index contributed by atoms with van der Waals surface area (Å²) in [5, 5.41) is -2.41. The SMILES string of the molecule is CC1OS(=O)(=O)C(C(F)(F)F)C(C)C1C. The van der Waals surface area contributed by atoms with Crippen LogP contribution in [-0.4, -0.2) is 25.9 Å². The van der Waals surface area contributed by atoms with Gasteiger partial charge in [-0.15, -0.1) is 0 Å². The molecular weight excluding hydrogens is 233 g/mol. The van der Waals surface area contributed by atoms with E-state index >= 15 is 0 Å². The normalized spacial score (nSPS) is 41.5. The lowest BCUT2D eigenvalue weighted by atomic mass is 9.88. The van der Waals surface area contributed by atoms with Crippen molar-refractivity contribution in [3.8, 4) is 0 Å². The molecule has 0 aromatic rings. The summed E-state index contributed by atoms with van der Waals surface area (Å²) < 4.78 is 64.5. The van der Waals surface area contributed by atoms with Crippen molar-refractivity contribution in [1.82, 2.24) is 0 Å². The molecule has 4 unspecified atom stereocenters. The van der Waals surface area contributed by atoms with Gasteiger partial charge >= 0.3 is 6.18 Å². The van der Waals surface area contributed by atoms with Gasteiger partial charge in [-0.2, -0.15) is 21.6 Å². The third-order valence-electron chi connectivity index (χ3n) is 2.97. The maximum atomic E-state index is 12.5. The molecule has 1 heterocycles. The molecule has 0 saturated carbocycles. The zero-order chi connectivity index (χ0) is 12.0. The highest BCUT2D eigenvalue weighted by Gasteiger charge is 2.57. The number of alkyl halides is 3. The minimum Gasteiger partial charge on any atom is -0.266 e. The van der Waals surface area contributed by atoms with E-state index in [9.17, 15) is 21.6 Å². The first kappa shape index (κ1) is 12.8. The van der Waals surface area contributed by atoms with E-state index in [1.807, 2.05) is 0 Å². The Labute approximate surface area is 86.7 Å². The maximum Gasteiger partial charge on any atom is 0.408 e. The van der Waals surface area contributed by atoms with Crippen molar-refractivity contribution in [2.45, 2.75) is 38.3 Å². The summed E-state index contributed by atoms with van der Waals surface area (Å²) in [5.74, 6) is -1.43. The molecule has 1 aliphatic rings. The summed E-state index contributed by atoms with van der Waals surface area (Å²) in [6.45, 7) is 4.31. The average Bonchev–Trinajstić information content (AvgIpc) is 1.95. The van der Waals surface area contributed by atoms with E-state index in [0.717, 1.165) is 0 Å². The molecule has 0 aromatic heterocycles. The fourth-order valence-electron chi connectivity index (χ4n) is 1.79. The van der Waals surface area contributed by atoms with E-state index in [4.69, 9.17) is 0 Å². The molecule has 7 heteroatoms. The molecule has 4 atom stereocenters. The highest BCUT2D eigenvalue weighted by Crippen LogP contribution is 2.41. The Kier molecular flexibility index (Phi) is 3.08. The van der Waals surface area contributed by atoms with Crippen LogP contribution >= 0.6 is 0 Å². The molecule has 1 rings (SSSR count). The molecule has 0 radical (unpaired) electrons. The van der Waals surface area contributed by atoms with E-state index in [2.05, 4.69) is 4.18 Å². The number of rotatable bonds is 0. The van der Waals surface area contributed by atoms with E-state index in [-0.39, 0.29) is 0 Å². The van der Waals surface area contributed by atoms with Gasteiger partial charge in [-0.05, 0) is 18.8 Å². The van der Waals surface area contributed by atoms with Crippen LogP contribution < -0.4 is 0 Å². The molecule has 15 heavy (non-hydrogen) atoms. The molecular formula is C8H13F3O3S. The monoisotopic (exact) mass is 246 g/mol. The number of halogens is 3. The first-order chi connectivity index (χ1) is 6.57. The zero-order valence-corrected chi connectivity index (χ0v) is 9.39. The first-order valence-electron chi connectivity index (χ1n) is 4.56. The van der Waals surface area contributed by atoms with Gasteiger partial charge in [0, 0.05) is 0 Å². The van der Waals surface area contributed by atoms with Crippen LogP contribution in [-0.2, 0) is 14.3 Å². The molecule has 0 spiro atoms. The van der Waals surface area contributed by atoms with Crippen LogP contribution in [0.5, 0.6) is 0 Å². The highest BCUT2D eigenvalue weighted by molar-refractivity contribution is 7.87. The summed E-state index contributed by atoms with van der Waals surface area (Å²) >= 11 is 0. The molecule has 0 aromatic carbocycles. The summed E-state index contributed by atoms with van der Waals surface area (Å²) in [6, 6.07) is 0. The van der Waals surface area contributed by atoms with Crippen molar-refractivity contribution in [2.75, 3.05) is 0 Å². The third-order valence-corrected chi connectivity index (χ3v) is 4.86. The van der Waals surface area contributed by atoms with Crippen molar-refractivity contribution in [3.05, 3.63) is 0 Å². The predicted octanol–water partition coefficient (Wildman–Crippen LogP) is 1.94. The molecule has 3 nitrogen and oxygen atoms in total. The van der Waals surface area contributed by atoms with Gasteiger partial charge in [0.25, 0.3) is 10.1 Å². The molecule has 0 amide bonds. The van der Waals surface area contributed by atoms with Gasteiger partial charge in [0.2, 0.25) is 0 Å². The standard InChI is InChI=1S/C8H13F3O3S/c1-4-5(2)7(8(9,10)11)15(12,13)14-6(4)3/h4-7H,1-3H3. The van der Waals surface area contributed by atoms with Crippen molar-refractivity contribution < 1.29 is 25.8 Å². The summed E-state index contributed by atoms with van der Waals surface area (Å²) in [5.41, 5.74) is 0. The van der Waals surface area contributed by atoms with Gasteiger partial charge in [0.1, 0.15) is 0 Å². The maximum absolute atomic E-state index is 12.5. The lowest BCUT2D eigenvalue weighted by Crippen LogP contribution is -2.52. The Morgan fingerprint density at radius 1 is 1.07 bits per heavy atom. The smallest absolute Gasteiger partial charge is 0.266 e. The molecule has 1 saturated heterocycles. The fourth-order valence-corrected chi connectivity index (χ4v) is 3.61. The minimum atomic E-state index is -4.77. The largest absolute Gasteiger partial charge is 0.408 e. The van der Waals surface area contributed by atoms with E-state index in [0.29, 0.717) is 0 Å². The molecule has 1 aliphatic heterocycles. The van der Waals surface area contributed by atoms with Gasteiger partial charge in [-0.3, -0.25) is 4.18 Å². The van der Waals surface area contributed by atoms with E-state index in [1.54, 1.807) is 6.92 Å². The Bertz CT molecular complexity index is 336. The lowest BCUT2D eigenvalue weighted by Gasteiger charge is -2.37. The molecule has 0 aliphatic carbocycles. The van der Waals surface area contributed by atoms with Crippen molar-refractivity contribution >= 4 is 10.1 Å². The van der Waals surface area contributed by atoms with Crippen LogP contribution in [0.3, 0.4) is 0 Å². The predicted molar refractivity (Wildman–Crippen MR) is 47.6 cm³/mol. The minimum absolute atomic E-state index is 0.444.